The number of hydrogen-bond acceptors (Lipinski definition) is 3. The Labute approximate surface area is 154 Å². The molecule has 0 saturated carbocycles. The predicted octanol–water partition coefficient (Wildman–Crippen LogP) is 3.27. The molecule has 1 saturated heterocycles. The summed E-state index contributed by atoms with van der Waals surface area (Å²) in [5.41, 5.74) is 2.89. The lowest BCUT2D eigenvalue weighted by Gasteiger charge is -2.23. The molecule has 2 amide bonds. The van der Waals surface area contributed by atoms with Gasteiger partial charge in [-0.25, -0.2) is 0 Å². The minimum atomic E-state index is -0.331. The molecule has 1 N–H and O–H groups in total. The van der Waals surface area contributed by atoms with Gasteiger partial charge in [0.25, 0.3) is 0 Å². The van der Waals surface area contributed by atoms with Crippen molar-refractivity contribution in [3.8, 4) is 0 Å². The maximum Gasteiger partial charge on any atom is 0.244 e. The number of nitrogens with one attached hydrogen (secondary N) is 1. The molecular formula is C21H25N3O2. The van der Waals surface area contributed by atoms with Crippen LogP contribution < -0.4 is 10.2 Å². The van der Waals surface area contributed by atoms with E-state index in [0.717, 1.165) is 29.9 Å². The molecule has 2 aromatic carbocycles. The number of carbonyl (C=O) groups excluding carboxylic acids is 2. The lowest BCUT2D eigenvalue weighted by molar-refractivity contribution is -0.130. The molecule has 0 radical (unpaired) electrons. The number of rotatable bonds is 6. The second kappa shape index (κ2) is 8.04. The number of carbonyl (C=O) groups is 2. The molecule has 136 valence electrons. The quantitative estimate of drug-likeness (QED) is 0.869. The standard InChI is InChI=1S/C21H25N3O2/c1-16(21(26)23(2)15-17-7-4-3-5-8-17)22-18-10-12-19(13-11-18)24-14-6-9-20(24)25/h3-5,7-8,10-13,16,22H,6,9,14-15H2,1-2H3/t16-/m1/s1. The average molecular weight is 351 g/mol. The van der Waals surface area contributed by atoms with Crippen LogP contribution in [0.15, 0.2) is 54.6 Å². The van der Waals surface area contributed by atoms with Gasteiger partial charge in [-0.3, -0.25) is 9.59 Å². The Bertz CT molecular complexity index is 759. The maximum absolute atomic E-state index is 12.6. The summed E-state index contributed by atoms with van der Waals surface area (Å²) < 4.78 is 0. The van der Waals surface area contributed by atoms with Gasteiger partial charge in [0, 0.05) is 37.9 Å². The zero-order valence-electron chi connectivity index (χ0n) is 15.3. The zero-order valence-corrected chi connectivity index (χ0v) is 15.3. The van der Waals surface area contributed by atoms with Crippen molar-refractivity contribution in [1.29, 1.82) is 0 Å². The van der Waals surface area contributed by atoms with Gasteiger partial charge in [0.15, 0.2) is 0 Å². The first-order valence-corrected chi connectivity index (χ1v) is 9.00. The third-order valence-electron chi connectivity index (χ3n) is 4.64. The second-order valence-electron chi connectivity index (χ2n) is 6.74. The Morgan fingerprint density at radius 2 is 1.85 bits per heavy atom. The van der Waals surface area contributed by atoms with Gasteiger partial charge in [-0.2, -0.15) is 0 Å². The molecule has 0 spiro atoms. The monoisotopic (exact) mass is 351 g/mol. The number of anilines is 2. The van der Waals surface area contributed by atoms with E-state index in [1.807, 2.05) is 73.5 Å². The first-order chi connectivity index (χ1) is 12.5. The molecule has 3 rings (SSSR count). The molecule has 1 atom stereocenters. The van der Waals surface area contributed by atoms with Crippen LogP contribution in [0.2, 0.25) is 0 Å². The van der Waals surface area contributed by atoms with E-state index in [4.69, 9.17) is 0 Å². The highest BCUT2D eigenvalue weighted by Gasteiger charge is 2.22. The lowest BCUT2D eigenvalue weighted by atomic mass is 10.2. The van der Waals surface area contributed by atoms with Crippen LogP contribution in [0.3, 0.4) is 0 Å². The zero-order chi connectivity index (χ0) is 18.5. The van der Waals surface area contributed by atoms with Crippen molar-refractivity contribution in [3.63, 3.8) is 0 Å². The Morgan fingerprint density at radius 1 is 1.15 bits per heavy atom. The van der Waals surface area contributed by atoms with Crippen molar-refractivity contribution in [2.75, 3.05) is 23.8 Å². The predicted molar refractivity (Wildman–Crippen MR) is 104 cm³/mol. The first-order valence-electron chi connectivity index (χ1n) is 9.00. The van der Waals surface area contributed by atoms with Crippen LogP contribution in [-0.4, -0.2) is 36.3 Å². The van der Waals surface area contributed by atoms with Crippen molar-refractivity contribution < 1.29 is 9.59 Å². The Morgan fingerprint density at radius 3 is 2.46 bits per heavy atom. The molecule has 1 heterocycles. The van der Waals surface area contributed by atoms with Crippen LogP contribution in [0.1, 0.15) is 25.3 Å². The van der Waals surface area contributed by atoms with Gasteiger partial charge >= 0.3 is 0 Å². The van der Waals surface area contributed by atoms with Crippen LogP contribution in [0.5, 0.6) is 0 Å². The first kappa shape index (κ1) is 18.0. The molecule has 26 heavy (non-hydrogen) atoms. The van der Waals surface area contributed by atoms with Gasteiger partial charge in [0.1, 0.15) is 6.04 Å². The topological polar surface area (TPSA) is 52.7 Å². The SMILES string of the molecule is C[C@@H](Nc1ccc(N2CCCC2=O)cc1)C(=O)N(C)Cc1ccccc1. The summed E-state index contributed by atoms with van der Waals surface area (Å²) in [6.07, 6.45) is 1.54. The van der Waals surface area contributed by atoms with E-state index in [-0.39, 0.29) is 17.9 Å². The average Bonchev–Trinajstić information content (AvgIpc) is 3.08. The Balaban J connectivity index is 1.57. The minimum absolute atomic E-state index is 0.0349. The molecule has 0 aromatic heterocycles. The van der Waals surface area contributed by atoms with Crippen LogP contribution in [0.4, 0.5) is 11.4 Å². The summed E-state index contributed by atoms with van der Waals surface area (Å²) in [4.78, 5) is 27.9. The fourth-order valence-electron chi connectivity index (χ4n) is 3.24. The number of hydrogen-bond donors (Lipinski definition) is 1. The molecule has 0 bridgehead atoms. The molecule has 0 unspecified atom stereocenters. The summed E-state index contributed by atoms with van der Waals surface area (Å²) in [7, 11) is 1.82. The van der Waals surface area contributed by atoms with Gasteiger partial charge < -0.3 is 15.1 Å². The molecule has 1 aliphatic rings. The fraction of sp³-hybridized carbons (Fsp3) is 0.333. The molecule has 5 heteroatoms. The Kier molecular flexibility index (Phi) is 5.56. The smallest absolute Gasteiger partial charge is 0.244 e. The number of benzene rings is 2. The fourth-order valence-corrected chi connectivity index (χ4v) is 3.24. The third kappa shape index (κ3) is 4.23. The van der Waals surface area contributed by atoms with Crippen LogP contribution in [0.25, 0.3) is 0 Å². The van der Waals surface area contributed by atoms with E-state index in [1.54, 1.807) is 4.90 Å². The van der Waals surface area contributed by atoms with Crippen molar-refractivity contribution in [3.05, 3.63) is 60.2 Å². The Hall–Kier alpha value is -2.82. The molecule has 1 aliphatic heterocycles. The number of amides is 2. The van der Waals surface area contributed by atoms with Gasteiger partial charge in [0.2, 0.25) is 11.8 Å². The van der Waals surface area contributed by atoms with E-state index in [0.29, 0.717) is 13.0 Å². The van der Waals surface area contributed by atoms with E-state index in [9.17, 15) is 9.59 Å². The summed E-state index contributed by atoms with van der Waals surface area (Å²) in [6, 6.07) is 17.3. The number of likely N-dealkylation sites (N-methyl/N-ethyl adjacent to an activating group) is 1. The van der Waals surface area contributed by atoms with E-state index in [1.165, 1.54) is 0 Å². The van der Waals surface area contributed by atoms with Gasteiger partial charge in [-0.1, -0.05) is 30.3 Å². The van der Waals surface area contributed by atoms with E-state index >= 15 is 0 Å². The molecule has 2 aromatic rings. The molecule has 5 nitrogen and oxygen atoms in total. The highest BCUT2D eigenvalue weighted by Crippen LogP contribution is 2.23. The maximum atomic E-state index is 12.6. The highest BCUT2D eigenvalue weighted by atomic mass is 16.2. The summed E-state index contributed by atoms with van der Waals surface area (Å²) >= 11 is 0. The van der Waals surface area contributed by atoms with Gasteiger partial charge in [-0.15, -0.1) is 0 Å². The van der Waals surface area contributed by atoms with Crippen molar-refractivity contribution in [2.24, 2.45) is 0 Å². The van der Waals surface area contributed by atoms with Crippen LogP contribution in [-0.2, 0) is 16.1 Å². The van der Waals surface area contributed by atoms with Gasteiger partial charge in [0.05, 0.1) is 0 Å². The lowest BCUT2D eigenvalue weighted by Crippen LogP contribution is -2.38. The van der Waals surface area contributed by atoms with Gasteiger partial charge in [-0.05, 0) is 43.2 Å². The normalized spacial score (nSPS) is 15.0. The van der Waals surface area contributed by atoms with E-state index < -0.39 is 0 Å². The van der Waals surface area contributed by atoms with Crippen molar-refractivity contribution >= 4 is 23.2 Å². The molecule has 0 aliphatic carbocycles. The number of nitrogens with zero attached hydrogens (tertiary/aromatic N) is 2. The second-order valence-corrected chi connectivity index (χ2v) is 6.74. The summed E-state index contributed by atoms with van der Waals surface area (Å²) in [5, 5.41) is 3.24. The summed E-state index contributed by atoms with van der Waals surface area (Å²) in [5.74, 6) is 0.212. The highest BCUT2D eigenvalue weighted by molar-refractivity contribution is 5.95. The molecule has 1 fully saturated rings. The van der Waals surface area contributed by atoms with E-state index in [2.05, 4.69) is 5.32 Å². The van der Waals surface area contributed by atoms with Crippen molar-refractivity contribution in [1.82, 2.24) is 4.90 Å². The summed E-state index contributed by atoms with van der Waals surface area (Å²) in [6.45, 7) is 3.23. The third-order valence-corrected chi connectivity index (χ3v) is 4.64. The minimum Gasteiger partial charge on any atom is -0.374 e. The molecular weight excluding hydrogens is 326 g/mol. The largest absolute Gasteiger partial charge is 0.374 e. The van der Waals surface area contributed by atoms with Crippen LogP contribution in [0, 0.1) is 0 Å². The van der Waals surface area contributed by atoms with Crippen LogP contribution >= 0.6 is 0 Å². The van der Waals surface area contributed by atoms with Crippen molar-refractivity contribution in [2.45, 2.75) is 32.4 Å².